The number of ether oxygens (including phenoxy) is 1. The number of sulfonamides is 1. The van der Waals surface area contributed by atoms with Crippen molar-refractivity contribution in [1.82, 2.24) is 14.5 Å². The van der Waals surface area contributed by atoms with Crippen molar-refractivity contribution < 1.29 is 13.2 Å². The summed E-state index contributed by atoms with van der Waals surface area (Å²) < 4.78 is 35.7. The second-order valence-corrected chi connectivity index (χ2v) is 9.32. The van der Waals surface area contributed by atoms with Gasteiger partial charge in [0.05, 0.1) is 23.2 Å². The topological polar surface area (TPSA) is 73.2 Å². The minimum atomic E-state index is -3.64. The lowest BCUT2D eigenvalue weighted by atomic mass is 10.2. The summed E-state index contributed by atoms with van der Waals surface area (Å²) in [7, 11) is -3.64. The Labute approximate surface area is 170 Å². The van der Waals surface area contributed by atoms with Crippen LogP contribution >= 0.6 is 11.3 Å². The normalized spacial score (nSPS) is 12.8. The van der Waals surface area contributed by atoms with Crippen LogP contribution < -0.4 is 9.46 Å². The lowest BCUT2D eigenvalue weighted by molar-refractivity contribution is 0.317. The molecule has 0 saturated carbocycles. The fraction of sp³-hybridized carbons (Fsp3) is 0.350. The monoisotopic (exact) mass is 419 g/mol. The molecule has 3 rings (SSSR count). The number of aromatic nitrogens is 2. The molecule has 0 fully saturated rings. The Morgan fingerprint density at radius 2 is 1.96 bits per heavy atom. The first-order chi connectivity index (χ1) is 13.4. The van der Waals surface area contributed by atoms with E-state index >= 15 is 0 Å². The first-order valence-electron chi connectivity index (χ1n) is 9.19. The molecule has 8 heteroatoms. The van der Waals surface area contributed by atoms with Gasteiger partial charge in [-0.15, -0.1) is 11.3 Å². The van der Waals surface area contributed by atoms with Gasteiger partial charge in [-0.2, -0.15) is 5.10 Å². The van der Waals surface area contributed by atoms with Crippen molar-refractivity contribution in [2.75, 3.05) is 13.2 Å². The Morgan fingerprint density at radius 1 is 1.21 bits per heavy atom. The van der Waals surface area contributed by atoms with Crippen LogP contribution in [0.4, 0.5) is 0 Å². The van der Waals surface area contributed by atoms with Gasteiger partial charge in [0, 0.05) is 17.1 Å². The summed E-state index contributed by atoms with van der Waals surface area (Å²) in [6.45, 7) is 6.76. The Morgan fingerprint density at radius 3 is 2.54 bits per heavy atom. The van der Waals surface area contributed by atoms with Gasteiger partial charge in [-0.25, -0.2) is 13.1 Å². The Bertz CT molecular complexity index is 994. The molecule has 1 aromatic carbocycles. The summed E-state index contributed by atoms with van der Waals surface area (Å²) in [4.78, 5) is 1.27. The van der Waals surface area contributed by atoms with Gasteiger partial charge >= 0.3 is 0 Å². The zero-order chi connectivity index (χ0) is 20.1. The van der Waals surface area contributed by atoms with Gasteiger partial charge in [0.15, 0.2) is 0 Å². The van der Waals surface area contributed by atoms with Crippen LogP contribution in [0.1, 0.15) is 35.7 Å². The lowest BCUT2D eigenvalue weighted by Gasteiger charge is -2.19. The molecule has 6 nitrogen and oxygen atoms in total. The number of aryl methyl sites for hydroxylation is 2. The molecule has 0 bridgehead atoms. The van der Waals surface area contributed by atoms with Crippen molar-refractivity contribution in [3.63, 3.8) is 0 Å². The van der Waals surface area contributed by atoms with E-state index in [0.29, 0.717) is 12.4 Å². The maximum Gasteiger partial charge on any atom is 0.240 e. The maximum absolute atomic E-state index is 12.8. The smallest absolute Gasteiger partial charge is 0.240 e. The van der Waals surface area contributed by atoms with Crippen molar-refractivity contribution in [3.05, 3.63) is 64.1 Å². The minimum absolute atomic E-state index is 0.198. The molecular weight excluding hydrogens is 394 g/mol. The number of nitrogens with zero attached hydrogens (tertiary/aromatic N) is 2. The molecule has 0 spiro atoms. The molecule has 2 heterocycles. The molecule has 1 atom stereocenters. The van der Waals surface area contributed by atoms with Crippen LogP contribution in [0.2, 0.25) is 0 Å². The number of rotatable bonds is 9. The van der Waals surface area contributed by atoms with Crippen molar-refractivity contribution in [1.29, 1.82) is 0 Å². The van der Waals surface area contributed by atoms with E-state index in [1.54, 1.807) is 35.6 Å². The van der Waals surface area contributed by atoms with Gasteiger partial charge in [-0.1, -0.05) is 13.0 Å². The molecule has 0 aliphatic rings. The van der Waals surface area contributed by atoms with E-state index < -0.39 is 10.0 Å². The van der Waals surface area contributed by atoms with Gasteiger partial charge < -0.3 is 4.74 Å². The van der Waals surface area contributed by atoms with Crippen LogP contribution in [0.15, 0.2) is 52.7 Å². The first-order valence-corrected chi connectivity index (χ1v) is 11.6. The quantitative estimate of drug-likeness (QED) is 0.571. The van der Waals surface area contributed by atoms with Crippen molar-refractivity contribution in [2.45, 2.75) is 38.1 Å². The first kappa shape index (κ1) is 20.6. The van der Waals surface area contributed by atoms with Crippen LogP contribution in [0.3, 0.4) is 0 Å². The Kier molecular flexibility index (Phi) is 6.53. The van der Waals surface area contributed by atoms with Crippen LogP contribution in [0, 0.1) is 13.8 Å². The highest BCUT2D eigenvalue weighted by atomic mass is 32.2. The van der Waals surface area contributed by atoms with Crippen molar-refractivity contribution in [3.8, 4) is 5.75 Å². The maximum atomic E-state index is 12.8. The summed E-state index contributed by atoms with van der Waals surface area (Å²) in [6, 6.07) is 12.2. The molecule has 1 N–H and O–H groups in total. The number of benzene rings is 1. The van der Waals surface area contributed by atoms with Gasteiger partial charge in [0.25, 0.3) is 0 Å². The summed E-state index contributed by atoms with van der Waals surface area (Å²) in [5.74, 6) is 0.667. The number of hydrogen-bond acceptors (Lipinski definition) is 5. The van der Waals surface area contributed by atoms with Gasteiger partial charge in [0.1, 0.15) is 5.75 Å². The third-order valence-corrected chi connectivity index (χ3v) is 6.70. The Balaban J connectivity index is 1.78. The van der Waals surface area contributed by atoms with E-state index in [1.807, 2.05) is 49.0 Å². The highest BCUT2D eigenvalue weighted by Crippen LogP contribution is 2.25. The molecule has 0 radical (unpaired) electrons. The van der Waals surface area contributed by atoms with E-state index in [0.717, 1.165) is 22.7 Å². The molecule has 0 amide bonds. The van der Waals surface area contributed by atoms with Crippen LogP contribution in [0.25, 0.3) is 0 Å². The molecule has 3 aromatic rings. The summed E-state index contributed by atoms with van der Waals surface area (Å²) in [6.07, 6.45) is 0.901. The van der Waals surface area contributed by atoms with Crippen molar-refractivity contribution >= 4 is 21.4 Å². The minimum Gasteiger partial charge on any atom is -0.494 e. The van der Waals surface area contributed by atoms with E-state index in [2.05, 4.69) is 9.82 Å². The SMILES string of the molecule is CCCOc1ccc(S(=O)(=O)NCC(c2cccs2)n2nc(C)cc2C)cc1. The number of thiophene rings is 1. The van der Waals surface area contributed by atoms with E-state index in [-0.39, 0.29) is 17.5 Å². The van der Waals surface area contributed by atoms with E-state index in [1.165, 1.54) is 0 Å². The largest absolute Gasteiger partial charge is 0.494 e. The number of nitrogens with one attached hydrogen (secondary N) is 1. The zero-order valence-corrected chi connectivity index (χ0v) is 17.9. The van der Waals surface area contributed by atoms with Gasteiger partial charge in [0.2, 0.25) is 10.0 Å². The molecule has 0 saturated heterocycles. The predicted molar refractivity (Wildman–Crippen MR) is 112 cm³/mol. The number of hydrogen-bond donors (Lipinski definition) is 1. The molecule has 0 aliphatic carbocycles. The van der Waals surface area contributed by atoms with Crippen molar-refractivity contribution in [2.24, 2.45) is 0 Å². The fourth-order valence-corrected chi connectivity index (χ4v) is 4.81. The molecule has 0 aliphatic heterocycles. The summed E-state index contributed by atoms with van der Waals surface area (Å²) >= 11 is 1.59. The lowest BCUT2D eigenvalue weighted by Crippen LogP contribution is -2.32. The molecule has 2 aromatic heterocycles. The highest BCUT2D eigenvalue weighted by molar-refractivity contribution is 7.89. The van der Waals surface area contributed by atoms with Gasteiger partial charge in [-0.05, 0) is 62.0 Å². The molecular formula is C20H25N3O3S2. The highest BCUT2D eigenvalue weighted by Gasteiger charge is 2.22. The predicted octanol–water partition coefficient (Wildman–Crippen LogP) is 3.92. The average Bonchev–Trinajstić information content (AvgIpc) is 3.31. The van der Waals surface area contributed by atoms with Crippen LogP contribution in [-0.4, -0.2) is 31.3 Å². The standard InChI is InChI=1S/C20H25N3O3S2/c1-4-11-26-17-7-9-18(10-8-17)28(24,25)21-14-19(20-6-5-12-27-20)23-16(3)13-15(2)22-23/h5-10,12-13,19,21H,4,11,14H2,1-3H3. The molecule has 28 heavy (non-hydrogen) atoms. The molecule has 1 unspecified atom stereocenters. The third kappa shape index (κ3) is 4.81. The zero-order valence-electron chi connectivity index (χ0n) is 16.3. The van der Waals surface area contributed by atoms with Gasteiger partial charge in [-0.3, -0.25) is 4.68 Å². The summed E-state index contributed by atoms with van der Waals surface area (Å²) in [5.41, 5.74) is 1.90. The second kappa shape index (κ2) is 8.89. The fourth-order valence-electron chi connectivity index (χ4n) is 2.96. The average molecular weight is 420 g/mol. The van der Waals surface area contributed by atoms with Crippen LogP contribution in [0.5, 0.6) is 5.75 Å². The molecule has 150 valence electrons. The van der Waals surface area contributed by atoms with E-state index in [4.69, 9.17) is 4.74 Å². The van der Waals surface area contributed by atoms with E-state index in [9.17, 15) is 8.42 Å². The Hall–Kier alpha value is -2.16. The third-order valence-electron chi connectivity index (χ3n) is 4.29. The van der Waals surface area contributed by atoms with Crippen LogP contribution in [-0.2, 0) is 10.0 Å². The second-order valence-electron chi connectivity index (χ2n) is 6.57. The summed E-state index contributed by atoms with van der Waals surface area (Å²) in [5, 5.41) is 6.54.